The maximum Gasteiger partial charge on any atom is 0.229 e. The molecule has 2 aliphatic heterocycles. The van der Waals surface area contributed by atoms with Crippen molar-refractivity contribution in [2.45, 2.75) is 38.8 Å². The van der Waals surface area contributed by atoms with Gasteiger partial charge in [0, 0.05) is 39.3 Å². The zero-order valence-electron chi connectivity index (χ0n) is 31.2. The largest absolute Gasteiger partial charge is 0.493 e. The number of hydrogen-bond donors (Lipinski definition) is 1. The van der Waals surface area contributed by atoms with E-state index in [1.54, 1.807) is 33.5 Å². The van der Waals surface area contributed by atoms with Gasteiger partial charge in [-0.05, 0) is 97.4 Å². The third kappa shape index (κ3) is 8.14. The highest BCUT2D eigenvalue weighted by Gasteiger charge is 2.46. The minimum atomic E-state index is -0.578. The van der Waals surface area contributed by atoms with Crippen molar-refractivity contribution in [1.82, 2.24) is 24.4 Å². The molecule has 10 nitrogen and oxygen atoms in total. The van der Waals surface area contributed by atoms with Crippen LogP contribution in [0.5, 0.6) is 17.2 Å². The van der Waals surface area contributed by atoms with Crippen LogP contribution < -0.4 is 19.6 Å². The Morgan fingerprint density at radius 1 is 0.759 bits per heavy atom. The highest BCUT2D eigenvalue weighted by Crippen LogP contribution is 2.43. The van der Waals surface area contributed by atoms with E-state index in [2.05, 4.69) is 26.0 Å². The van der Waals surface area contributed by atoms with E-state index in [1.807, 2.05) is 47.4 Å². The summed E-state index contributed by atoms with van der Waals surface area (Å²) in [6.07, 6.45) is 2.89. The fraction of sp³-hybridized carbons (Fsp3) is 0.381. The number of anilines is 1. The number of nitrogens with one attached hydrogen (secondary N) is 1. The summed E-state index contributed by atoms with van der Waals surface area (Å²) in [5.74, 6) is 1.96. The molecule has 0 bridgehead atoms. The summed E-state index contributed by atoms with van der Waals surface area (Å²) in [7, 11) is 4.74. The molecule has 1 aromatic heterocycles. The summed E-state index contributed by atoms with van der Waals surface area (Å²) in [6, 6.07) is 25.0. The Hall–Kier alpha value is -5.20. The van der Waals surface area contributed by atoms with Crippen molar-refractivity contribution in [2.24, 2.45) is 5.41 Å². The van der Waals surface area contributed by atoms with Gasteiger partial charge in [-0.25, -0.2) is 18.8 Å². The van der Waals surface area contributed by atoms with Gasteiger partial charge in [-0.1, -0.05) is 36.4 Å². The van der Waals surface area contributed by atoms with Gasteiger partial charge in [-0.2, -0.15) is 0 Å². The average Bonchev–Trinajstić information content (AvgIpc) is 3.68. The normalized spacial score (nSPS) is 18.0. The number of likely N-dealkylation sites (tertiary alicyclic amines) is 1. The first-order valence-electron chi connectivity index (χ1n) is 18.5. The van der Waals surface area contributed by atoms with Crippen LogP contribution in [-0.2, 0) is 24.3 Å². The number of amides is 1. The first kappa shape index (κ1) is 37.1. The predicted molar refractivity (Wildman–Crippen MR) is 205 cm³/mol. The van der Waals surface area contributed by atoms with Crippen LogP contribution in [0.4, 0.5) is 14.7 Å². The van der Waals surface area contributed by atoms with Crippen LogP contribution in [0.25, 0.3) is 11.0 Å². The molecule has 2 fully saturated rings. The minimum absolute atomic E-state index is 0.123. The molecule has 5 aromatic rings. The molecule has 12 heteroatoms. The molecular weight excluding hydrogens is 690 g/mol. The molecule has 0 aliphatic carbocycles. The van der Waals surface area contributed by atoms with Gasteiger partial charge in [0.15, 0.2) is 11.5 Å². The Morgan fingerprint density at radius 2 is 1.41 bits per heavy atom. The van der Waals surface area contributed by atoms with Crippen LogP contribution in [0, 0.1) is 17.0 Å². The highest BCUT2D eigenvalue weighted by molar-refractivity contribution is 5.85. The number of rotatable bonds is 15. The number of hydrogen-bond acceptors (Lipinski definition) is 8. The summed E-state index contributed by atoms with van der Waals surface area (Å²) in [6.45, 7) is 5.86. The lowest BCUT2D eigenvalue weighted by Crippen LogP contribution is -2.49. The monoisotopic (exact) mass is 738 g/mol. The van der Waals surface area contributed by atoms with Gasteiger partial charge >= 0.3 is 0 Å². The smallest absolute Gasteiger partial charge is 0.229 e. The minimum Gasteiger partial charge on any atom is -0.493 e. The van der Waals surface area contributed by atoms with Crippen LogP contribution >= 0.6 is 0 Å². The van der Waals surface area contributed by atoms with E-state index in [0.29, 0.717) is 43.3 Å². The highest BCUT2D eigenvalue weighted by atomic mass is 19.1. The Bertz CT molecular complexity index is 2020. The van der Waals surface area contributed by atoms with Crippen molar-refractivity contribution in [1.29, 1.82) is 0 Å². The van der Waals surface area contributed by atoms with Gasteiger partial charge in [0.2, 0.25) is 17.6 Å². The van der Waals surface area contributed by atoms with Gasteiger partial charge < -0.3 is 28.6 Å². The molecule has 2 aliphatic rings. The quantitative estimate of drug-likeness (QED) is 0.126. The third-order valence-electron chi connectivity index (χ3n) is 10.8. The molecule has 7 rings (SSSR count). The first-order chi connectivity index (χ1) is 26.3. The van der Waals surface area contributed by atoms with Gasteiger partial charge in [0.1, 0.15) is 11.6 Å². The number of carbonyl (C=O) groups excluding carboxylic acids is 1. The number of halogens is 2. The summed E-state index contributed by atoms with van der Waals surface area (Å²) >= 11 is 0. The molecule has 2 saturated heterocycles. The summed E-state index contributed by atoms with van der Waals surface area (Å²) in [4.78, 5) is 23.6. The molecular formula is C42H48F2N6O4. The number of imidazole rings is 1. The lowest BCUT2D eigenvalue weighted by molar-refractivity contribution is -0.137. The second kappa shape index (κ2) is 16.4. The molecule has 1 atom stereocenters. The number of carbonyl (C=O) groups is 1. The van der Waals surface area contributed by atoms with Crippen molar-refractivity contribution < 1.29 is 27.8 Å². The molecule has 1 N–H and O–H groups in total. The van der Waals surface area contributed by atoms with E-state index in [4.69, 9.17) is 19.2 Å². The molecule has 0 radical (unpaired) electrons. The maximum atomic E-state index is 14.4. The zero-order valence-corrected chi connectivity index (χ0v) is 31.2. The molecule has 1 amide bonds. The molecule has 1 unspecified atom stereocenters. The van der Waals surface area contributed by atoms with Crippen molar-refractivity contribution in [3.8, 4) is 17.2 Å². The number of hydrazine groups is 1. The average molecular weight is 739 g/mol. The van der Waals surface area contributed by atoms with Crippen LogP contribution in [-0.4, -0.2) is 90.9 Å². The van der Waals surface area contributed by atoms with Crippen LogP contribution in [0.2, 0.25) is 0 Å². The lowest BCUT2D eigenvalue weighted by Gasteiger charge is -2.36. The fourth-order valence-electron chi connectivity index (χ4n) is 7.93. The lowest BCUT2D eigenvalue weighted by atomic mass is 9.76. The SMILES string of the molecule is COc1cc(CN2CCC(CCCN3CCN(Nc4nc5ccccc5n4Cc4ccc(F)cc4)CC3)(Cc3ccc(F)cc3)C2=O)cc(OC)c1OC. The zero-order chi connectivity index (χ0) is 37.7. The molecule has 3 heterocycles. The van der Waals surface area contributed by atoms with E-state index in [-0.39, 0.29) is 17.5 Å². The fourth-order valence-corrected chi connectivity index (χ4v) is 7.93. The van der Waals surface area contributed by atoms with Crippen LogP contribution in [0.15, 0.2) is 84.9 Å². The van der Waals surface area contributed by atoms with Crippen molar-refractivity contribution in [3.63, 3.8) is 0 Å². The second-order valence-corrected chi connectivity index (χ2v) is 14.3. The summed E-state index contributed by atoms with van der Waals surface area (Å²) in [5, 5.41) is 2.20. The van der Waals surface area contributed by atoms with Crippen LogP contribution in [0.1, 0.15) is 36.0 Å². The second-order valence-electron chi connectivity index (χ2n) is 14.3. The molecule has 4 aromatic carbocycles. The number of methoxy groups -OCH3 is 3. The summed E-state index contributed by atoms with van der Waals surface area (Å²) < 4.78 is 46.2. The Kier molecular flexibility index (Phi) is 11.3. The maximum absolute atomic E-state index is 14.4. The number of ether oxygens (including phenoxy) is 3. The number of benzene rings is 4. The van der Waals surface area contributed by atoms with E-state index < -0.39 is 5.41 Å². The van der Waals surface area contributed by atoms with E-state index in [1.165, 1.54) is 24.3 Å². The van der Waals surface area contributed by atoms with Crippen molar-refractivity contribution >= 4 is 22.9 Å². The van der Waals surface area contributed by atoms with Gasteiger partial charge in [-0.3, -0.25) is 10.2 Å². The molecule has 0 saturated carbocycles. The Morgan fingerprint density at radius 3 is 2.06 bits per heavy atom. The topological polar surface area (TPSA) is 84.3 Å². The van der Waals surface area contributed by atoms with E-state index >= 15 is 0 Å². The number of para-hydroxylation sites is 2. The number of fused-ring (bicyclic) bond motifs is 1. The predicted octanol–water partition coefficient (Wildman–Crippen LogP) is 6.77. The van der Waals surface area contributed by atoms with E-state index in [9.17, 15) is 13.6 Å². The Balaban J connectivity index is 0.987. The number of nitrogens with zero attached hydrogens (tertiary/aromatic N) is 5. The van der Waals surface area contributed by atoms with Crippen molar-refractivity contribution in [2.75, 3.05) is 66.0 Å². The first-order valence-corrected chi connectivity index (χ1v) is 18.5. The molecule has 54 heavy (non-hydrogen) atoms. The van der Waals surface area contributed by atoms with Gasteiger partial charge in [0.05, 0.1) is 44.3 Å². The van der Waals surface area contributed by atoms with Gasteiger partial charge in [-0.15, -0.1) is 0 Å². The standard InChI is InChI=1S/C42H48F2N6O4/c1-52-37-25-32(26-38(53-2)39(37)54-3)28-48-20-18-42(40(48)51,27-30-9-13-33(43)14-10-30)17-6-19-47-21-23-49(24-22-47)46-41-45-35-7-4-5-8-36(35)50(41)29-31-11-15-34(44)16-12-31/h4-5,7-16,25-26H,6,17-24,27-29H2,1-3H3,(H,45,46). The number of aromatic nitrogens is 2. The third-order valence-corrected chi connectivity index (χ3v) is 10.8. The number of piperazine rings is 1. The molecule has 284 valence electrons. The molecule has 0 spiro atoms. The summed E-state index contributed by atoms with van der Waals surface area (Å²) in [5.41, 5.74) is 7.76. The van der Waals surface area contributed by atoms with Crippen molar-refractivity contribution in [3.05, 3.63) is 113 Å². The van der Waals surface area contributed by atoms with Gasteiger partial charge in [0.25, 0.3) is 0 Å². The van der Waals surface area contributed by atoms with E-state index in [0.717, 1.165) is 85.7 Å². The van der Waals surface area contributed by atoms with Crippen LogP contribution in [0.3, 0.4) is 0 Å². The Labute approximate surface area is 315 Å².